The molecule has 1 atom stereocenters. The van der Waals surface area contributed by atoms with E-state index in [4.69, 9.17) is 0 Å². The molecule has 1 aliphatic heterocycles. The summed E-state index contributed by atoms with van der Waals surface area (Å²) < 4.78 is 26.5. The normalized spacial score (nSPS) is 20.3. The molecule has 1 unspecified atom stereocenters. The molecular formula is C11H17N3O2S2. The molecular weight excluding hydrogens is 270 g/mol. The monoisotopic (exact) mass is 287 g/mol. The number of rotatable bonds is 4. The standard InChI is InChI=1S/C11H17N3O2S2/c1-12-11-10(4-3-6-13-11)18(15,16)14(2)9-5-7-17-8-9/h3-4,6,9H,5,7-8H2,1-2H3,(H,12,13). The Bertz CT molecular complexity index is 513. The third-order valence-electron chi connectivity index (χ3n) is 3.08. The Hall–Kier alpha value is -0.790. The summed E-state index contributed by atoms with van der Waals surface area (Å²) in [5, 5.41) is 2.82. The molecule has 1 aromatic rings. The summed E-state index contributed by atoms with van der Waals surface area (Å²) in [5.41, 5.74) is 0. The van der Waals surface area contributed by atoms with Crippen molar-refractivity contribution in [1.82, 2.24) is 9.29 Å². The van der Waals surface area contributed by atoms with Gasteiger partial charge in [0.05, 0.1) is 0 Å². The molecule has 0 aromatic carbocycles. The van der Waals surface area contributed by atoms with Crippen molar-refractivity contribution < 1.29 is 8.42 Å². The highest BCUT2D eigenvalue weighted by Crippen LogP contribution is 2.28. The average molecular weight is 287 g/mol. The second kappa shape index (κ2) is 5.46. The van der Waals surface area contributed by atoms with Gasteiger partial charge in [-0.1, -0.05) is 0 Å². The third-order valence-corrected chi connectivity index (χ3v) is 6.17. The van der Waals surface area contributed by atoms with E-state index in [0.29, 0.717) is 5.82 Å². The molecule has 100 valence electrons. The molecule has 0 aliphatic carbocycles. The van der Waals surface area contributed by atoms with E-state index < -0.39 is 10.0 Å². The zero-order valence-electron chi connectivity index (χ0n) is 10.5. The van der Waals surface area contributed by atoms with Gasteiger partial charge in [-0.3, -0.25) is 0 Å². The first kappa shape index (κ1) is 13.6. The van der Waals surface area contributed by atoms with Gasteiger partial charge in [0.2, 0.25) is 10.0 Å². The first-order valence-corrected chi connectivity index (χ1v) is 8.35. The summed E-state index contributed by atoms with van der Waals surface area (Å²) in [4.78, 5) is 4.29. The predicted molar refractivity (Wildman–Crippen MR) is 74.5 cm³/mol. The number of hydrogen-bond donors (Lipinski definition) is 1. The van der Waals surface area contributed by atoms with Crippen molar-refractivity contribution in [2.75, 3.05) is 30.9 Å². The second-order valence-electron chi connectivity index (χ2n) is 4.14. The van der Waals surface area contributed by atoms with Crippen molar-refractivity contribution >= 4 is 27.6 Å². The summed E-state index contributed by atoms with van der Waals surface area (Å²) in [6.45, 7) is 0. The van der Waals surface area contributed by atoms with Gasteiger partial charge in [-0.05, 0) is 24.3 Å². The Kier molecular flexibility index (Phi) is 4.14. The molecule has 1 aromatic heterocycles. The summed E-state index contributed by atoms with van der Waals surface area (Å²) in [5.74, 6) is 2.29. The fourth-order valence-electron chi connectivity index (χ4n) is 1.95. The lowest BCUT2D eigenvalue weighted by Gasteiger charge is -2.23. The molecule has 1 N–H and O–H groups in total. The molecule has 0 saturated carbocycles. The van der Waals surface area contributed by atoms with Gasteiger partial charge in [-0.25, -0.2) is 13.4 Å². The second-order valence-corrected chi connectivity index (χ2v) is 7.25. The van der Waals surface area contributed by atoms with Crippen molar-refractivity contribution in [3.63, 3.8) is 0 Å². The zero-order valence-corrected chi connectivity index (χ0v) is 12.1. The molecule has 0 bridgehead atoms. The van der Waals surface area contributed by atoms with Crippen molar-refractivity contribution in [3.8, 4) is 0 Å². The highest BCUT2D eigenvalue weighted by Gasteiger charge is 2.31. The lowest BCUT2D eigenvalue weighted by molar-refractivity contribution is 0.394. The largest absolute Gasteiger partial charge is 0.372 e. The van der Waals surface area contributed by atoms with Crippen LogP contribution in [0.2, 0.25) is 0 Å². The van der Waals surface area contributed by atoms with Gasteiger partial charge in [0.25, 0.3) is 0 Å². The Morgan fingerprint density at radius 3 is 2.94 bits per heavy atom. The van der Waals surface area contributed by atoms with Crippen LogP contribution in [-0.4, -0.2) is 49.3 Å². The minimum absolute atomic E-state index is 0.0879. The van der Waals surface area contributed by atoms with Gasteiger partial charge in [-0.15, -0.1) is 0 Å². The van der Waals surface area contributed by atoms with E-state index in [9.17, 15) is 8.42 Å². The average Bonchev–Trinajstić information content (AvgIpc) is 2.91. The molecule has 18 heavy (non-hydrogen) atoms. The molecule has 0 radical (unpaired) electrons. The Morgan fingerprint density at radius 2 is 2.33 bits per heavy atom. The van der Waals surface area contributed by atoms with E-state index in [-0.39, 0.29) is 10.9 Å². The Morgan fingerprint density at radius 1 is 1.56 bits per heavy atom. The van der Waals surface area contributed by atoms with Crippen LogP contribution in [0.5, 0.6) is 0 Å². The topological polar surface area (TPSA) is 62.3 Å². The number of thioether (sulfide) groups is 1. The van der Waals surface area contributed by atoms with E-state index in [2.05, 4.69) is 10.3 Å². The van der Waals surface area contributed by atoms with E-state index in [1.54, 1.807) is 44.2 Å². The smallest absolute Gasteiger partial charge is 0.246 e. The van der Waals surface area contributed by atoms with Crippen LogP contribution in [0, 0.1) is 0 Å². The lowest BCUT2D eigenvalue weighted by atomic mass is 10.3. The van der Waals surface area contributed by atoms with Crippen molar-refractivity contribution in [2.45, 2.75) is 17.4 Å². The molecule has 1 fully saturated rings. The van der Waals surface area contributed by atoms with Gasteiger partial charge < -0.3 is 5.32 Å². The third kappa shape index (κ3) is 2.48. The molecule has 1 saturated heterocycles. The van der Waals surface area contributed by atoms with Crippen LogP contribution in [0.15, 0.2) is 23.2 Å². The lowest BCUT2D eigenvalue weighted by Crippen LogP contribution is -2.37. The number of pyridine rings is 1. The first-order chi connectivity index (χ1) is 8.57. The quantitative estimate of drug-likeness (QED) is 0.903. The van der Waals surface area contributed by atoms with Crippen LogP contribution >= 0.6 is 11.8 Å². The Balaban J connectivity index is 2.35. The van der Waals surface area contributed by atoms with E-state index in [1.807, 2.05) is 0 Å². The van der Waals surface area contributed by atoms with Gasteiger partial charge in [0, 0.05) is 32.1 Å². The molecule has 2 rings (SSSR count). The molecule has 2 heterocycles. The van der Waals surface area contributed by atoms with Crippen LogP contribution in [0.1, 0.15) is 6.42 Å². The van der Waals surface area contributed by atoms with Crippen molar-refractivity contribution in [2.24, 2.45) is 0 Å². The van der Waals surface area contributed by atoms with Crippen molar-refractivity contribution in [1.29, 1.82) is 0 Å². The van der Waals surface area contributed by atoms with E-state index in [0.717, 1.165) is 17.9 Å². The first-order valence-electron chi connectivity index (χ1n) is 5.76. The van der Waals surface area contributed by atoms with Gasteiger partial charge in [0.15, 0.2) is 0 Å². The summed E-state index contributed by atoms with van der Waals surface area (Å²) in [6, 6.07) is 3.32. The van der Waals surface area contributed by atoms with Crippen LogP contribution in [0.3, 0.4) is 0 Å². The summed E-state index contributed by atoms with van der Waals surface area (Å²) in [6.07, 6.45) is 2.49. The zero-order chi connectivity index (χ0) is 13.2. The predicted octanol–water partition coefficient (Wildman–Crippen LogP) is 1.25. The summed E-state index contributed by atoms with van der Waals surface area (Å²) in [7, 11) is -0.146. The summed E-state index contributed by atoms with van der Waals surface area (Å²) >= 11 is 1.79. The van der Waals surface area contributed by atoms with Crippen LogP contribution in [0.25, 0.3) is 0 Å². The number of anilines is 1. The number of aromatic nitrogens is 1. The van der Waals surface area contributed by atoms with Crippen molar-refractivity contribution in [3.05, 3.63) is 18.3 Å². The molecule has 1 aliphatic rings. The molecule has 0 spiro atoms. The highest BCUT2D eigenvalue weighted by molar-refractivity contribution is 7.99. The number of sulfonamides is 1. The van der Waals surface area contributed by atoms with E-state index in [1.165, 1.54) is 4.31 Å². The fraction of sp³-hybridized carbons (Fsp3) is 0.545. The maximum Gasteiger partial charge on any atom is 0.246 e. The van der Waals surface area contributed by atoms with E-state index >= 15 is 0 Å². The SMILES string of the molecule is CNc1ncccc1S(=O)(=O)N(C)C1CCSC1. The number of nitrogens with one attached hydrogen (secondary N) is 1. The van der Waals surface area contributed by atoms with Gasteiger partial charge >= 0.3 is 0 Å². The number of nitrogens with zero attached hydrogens (tertiary/aromatic N) is 2. The molecule has 0 amide bonds. The minimum atomic E-state index is -3.47. The fourth-order valence-corrected chi connectivity index (χ4v) is 4.84. The van der Waals surface area contributed by atoms with Gasteiger partial charge in [-0.2, -0.15) is 16.1 Å². The number of hydrogen-bond acceptors (Lipinski definition) is 5. The maximum absolute atomic E-state index is 12.5. The van der Waals surface area contributed by atoms with Crippen LogP contribution < -0.4 is 5.32 Å². The Labute approximate surface area is 112 Å². The molecule has 7 heteroatoms. The maximum atomic E-state index is 12.5. The van der Waals surface area contributed by atoms with Gasteiger partial charge in [0.1, 0.15) is 10.7 Å². The highest BCUT2D eigenvalue weighted by atomic mass is 32.2. The van der Waals surface area contributed by atoms with Crippen LogP contribution in [0.4, 0.5) is 5.82 Å². The molecule has 5 nitrogen and oxygen atoms in total. The minimum Gasteiger partial charge on any atom is -0.372 e. The van der Waals surface area contributed by atoms with Crippen LogP contribution in [-0.2, 0) is 10.0 Å².